The Morgan fingerprint density at radius 3 is 2.50 bits per heavy atom. The molecule has 1 aromatic carbocycles. The number of hydrogen-bond acceptors (Lipinski definition) is 4. The molecule has 0 spiro atoms. The highest BCUT2D eigenvalue weighted by molar-refractivity contribution is 6.09. The Morgan fingerprint density at radius 2 is 1.82 bits per heavy atom. The zero-order valence-corrected chi connectivity index (χ0v) is 16.1. The van der Waals surface area contributed by atoms with E-state index >= 15 is 0 Å². The summed E-state index contributed by atoms with van der Waals surface area (Å²) in [5, 5.41) is 3.27. The van der Waals surface area contributed by atoms with Crippen LogP contribution in [0.1, 0.15) is 53.0 Å². The summed E-state index contributed by atoms with van der Waals surface area (Å²) in [5.74, 6) is 0.716. The van der Waals surface area contributed by atoms with Gasteiger partial charge in [-0.3, -0.25) is 9.59 Å². The van der Waals surface area contributed by atoms with Crippen LogP contribution in [0.5, 0.6) is 0 Å². The molecule has 3 N–H and O–H groups in total. The standard InChI is InChI=1S/C22H27N3O3/c1-25(22(27)19-10-5-11-28-19)18-9-3-2-8-17(18)21(26)24-20-14-6-4-7-15(20)13-16(23)12-14/h2-3,5,8-11,14-16,20H,4,6-7,12-13,23H2,1H3,(H,24,26). The Morgan fingerprint density at radius 1 is 1.11 bits per heavy atom. The molecule has 0 saturated heterocycles. The number of carbonyl (C=O) groups excluding carboxylic acids is 2. The van der Waals surface area contributed by atoms with Crippen LogP contribution in [0, 0.1) is 11.8 Å². The maximum absolute atomic E-state index is 13.2. The van der Waals surface area contributed by atoms with Crippen LogP contribution in [0.25, 0.3) is 0 Å². The minimum atomic E-state index is -0.286. The number of hydrogen-bond donors (Lipinski definition) is 2. The number of nitrogens with two attached hydrogens (primary N) is 1. The Labute approximate surface area is 165 Å². The Bertz CT molecular complexity index is 834. The van der Waals surface area contributed by atoms with Crippen LogP contribution in [0.3, 0.4) is 0 Å². The van der Waals surface area contributed by atoms with Gasteiger partial charge in [-0.15, -0.1) is 0 Å². The average Bonchev–Trinajstić information content (AvgIpc) is 3.22. The number of nitrogens with one attached hydrogen (secondary N) is 1. The van der Waals surface area contributed by atoms with E-state index in [2.05, 4.69) is 5.32 Å². The number of fused-ring (bicyclic) bond motifs is 2. The monoisotopic (exact) mass is 381 g/mol. The molecule has 6 heteroatoms. The summed E-state index contributed by atoms with van der Waals surface area (Å²) in [6, 6.07) is 10.9. The number of carbonyl (C=O) groups is 2. The van der Waals surface area contributed by atoms with E-state index < -0.39 is 0 Å². The zero-order chi connectivity index (χ0) is 19.7. The summed E-state index contributed by atoms with van der Waals surface area (Å²) >= 11 is 0. The van der Waals surface area contributed by atoms with Crippen LogP contribution in [0.4, 0.5) is 5.69 Å². The summed E-state index contributed by atoms with van der Waals surface area (Å²) < 4.78 is 5.22. The normalized spacial score (nSPS) is 26.5. The number of amides is 2. The summed E-state index contributed by atoms with van der Waals surface area (Å²) in [6.45, 7) is 0. The van der Waals surface area contributed by atoms with Gasteiger partial charge in [0.25, 0.3) is 11.8 Å². The minimum Gasteiger partial charge on any atom is -0.459 e. The SMILES string of the molecule is CN(C(=O)c1ccco1)c1ccccc1C(=O)NC1C2CCCC1CC(N)C2. The van der Waals surface area contributed by atoms with Gasteiger partial charge in [0, 0.05) is 19.1 Å². The van der Waals surface area contributed by atoms with E-state index in [4.69, 9.17) is 10.2 Å². The molecule has 2 amide bonds. The third-order valence-corrected chi connectivity index (χ3v) is 6.22. The highest BCUT2D eigenvalue weighted by atomic mass is 16.3. The maximum atomic E-state index is 13.2. The highest BCUT2D eigenvalue weighted by Gasteiger charge is 2.40. The quantitative estimate of drug-likeness (QED) is 0.851. The number of furan rings is 1. The number of rotatable bonds is 4. The van der Waals surface area contributed by atoms with Crippen molar-refractivity contribution >= 4 is 17.5 Å². The van der Waals surface area contributed by atoms with E-state index in [-0.39, 0.29) is 29.7 Å². The minimum absolute atomic E-state index is 0.132. The van der Waals surface area contributed by atoms with Gasteiger partial charge < -0.3 is 20.4 Å². The molecule has 1 heterocycles. The number of anilines is 1. The lowest BCUT2D eigenvalue weighted by Crippen LogP contribution is -2.53. The molecule has 2 saturated carbocycles. The van der Waals surface area contributed by atoms with Gasteiger partial charge in [0.15, 0.2) is 5.76 Å². The van der Waals surface area contributed by atoms with Crippen molar-refractivity contribution in [2.45, 2.75) is 44.2 Å². The average molecular weight is 381 g/mol. The first-order chi connectivity index (χ1) is 13.5. The lowest BCUT2D eigenvalue weighted by molar-refractivity contribution is 0.0756. The number of nitrogens with zero attached hydrogens (tertiary/aromatic N) is 1. The first-order valence-corrected chi connectivity index (χ1v) is 10.0. The van der Waals surface area contributed by atoms with E-state index in [1.54, 1.807) is 31.3 Å². The number of benzene rings is 1. The molecule has 0 aliphatic heterocycles. The van der Waals surface area contributed by atoms with Crippen molar-refractivity contribution in [2.75, 3.05) is 11.9 Å². The van der Waals surface area contributed by atoms with E-state index in [0.717, 1.165) is 25.7 Å². The van der Waals surface area contributed by atoms with Crippen molar-refractivity contribution in [2.24, 2.45) is 17.6 Å². The van der Waals surface area contributed by atoms with Gasteiger partial charge in [-0.25, -0.2) is 0 Å². The molecular formula is C22H27N3O3. The highest BCUT2D eigenvalue weighted by Crippen LogP contribution is 2.40. The molecule has 0 radical (unpaired) electrons. The fourth-order valence-corrected chi connectivity index (χ4v) is 4.89. The van der Waals surface area contributed by atoms with Gasteiger partial charge in [0.2, 0.25) is 0 Å². The van der Waals surface area contributed by atoms with E-state index in [0.29, 0.717) is 23.1 Å². The van der Waals surface area contributed by atoms with Crippen molar-refractivity contribution in [3.8, 4) is 0 Å². The summed E-state index contributed by atoms with van der Waals surface area (Å²) in [4.78, 5) is 27.3. The third kappa shape index (κ3) is 3.56. The van der Waals surface area contributed by atoms with Gasteiger partial charge in [-0.05, 0) is 61.8 Å². The second-order valence-electron chi connectivity index (χ2n) is 8.04. The lowest BCUT2D eigenvalue weighted by atomic mass is 9.67. The van der Waals surface area contributed by atoms with Crippen molar-refractivity contribution in [1.82, 2.24) is 5.32 Å². The molecule has 1 aromatic heterocycles. The summed E-state index contributed by atoms with van der Waals surface area (Å²) in [6.07, 6.45) is 6.86. The maximum Gasteiger partial charge on any atom is 0.293 e. The Kier molecular flexibility index (Phi) is 5.22. The van der Waals surface area contributed by atoms with Crippen LogP contribution in [-0.4, -0.2) is 30.9 Å². The van der Waals surface area contributed by atoms with E-state index in [1.807, 2.05) is 12.1 Å². The van der Waals surface area contributed by atoms with Crippen LogP contribution in [-0.2, 0) is 0 Å². The van der Waals surface area contributed by atoms with E-state index in [1.165, 1.54) is 17.6 Å². The number of para-hydroxylation sites is 1. The fraction of sp³-hybridized carbons (Fsp3) is 0.455. The smallest absolute Gasteiger partial charge is 0.293 e. The molecule has 2 unspecified atom stereocenters. The van der Waals surface area contributed by atoms with Crippen LogP contribution < -0.4 is 16.0 Å². The zero-order valence-electron chi connectivity index (χ0n) is 16.1. The molecule has 28 heavy (non-hydrogen) atoms. The lowest BCUT2D eigenvalue weighted by Gasteiger charge is -2.45. The predicted octanol–water partition coefficient (Wildman–Crippen LogP) is 3.19. The van der Waals surface area contributed by atoms with Gasteiger partial charge in [-0.1, -0.05) is 18.6 Å². The second-order valence-corrected chi connectivity index (χ2v) is 8.04. The van der Waals surface area contributed by atoms with Crippen LogP contribution in [0.2, 0.25) is 0 Å². The summed E-state index contributed by atoms with van der Waals surface area (Å²) in [7, 11) is 1.66. The van der Waals surface area contributed by atoms with Crippen molar-refractivity contribution in [3.05, 3.63) is 54.0 Å². The molecule has 2 aliphatic rings. The molecule has 148 valence electrons. The van der Waals surface area contributed by atoms with E-state index in [9.17, 15) is 9.59 Å². The molecule has 6 nitrogen and oxygen atoms in total. The van der Waals surface area contributed by atoms with Gasteiger partial charge in [0.1, 0.15) is 0 Å². The topological polar surface area (TPSA) is 88.6 Å². The first-order valence-electron chi connectivity index (χ1n) is 10.0. The Balaban J connectivity index is 1.55. The predicted molar refractivity (Wildman–Crippen MR) is 107 cm³/mol. The fourth-order valence-electron chi connectivity index (χ4n) is 4.89. The molecule has 2 bridgehead atoms. The van der Waals surface area contributed by atoms with Gasteiger partial charge in [-0.2, -0.15) is 0 Å². The Hall–Kier alpha value is -2.60. The van der Waals surface area contributed by atoms with Gasteiger partial charge in [0.05, 0.1) is 17.5 Å². The molecule has 4 rings (SSSR count). The van der Waals surface area contributed by atoms with Crippen molar-refractivity contribution < 1.29 is 14.0 Å². The van der Waals surface area contributed by atoms with Crippen LogP contribution in [0.15, 0.2) is 47.1 Å². The molecule has 2 aromatic rings. The van der Waals surface area contributed by atoms with Crippen LogP contribution >= 0.6 is 0 Å². The molecule has 2 fully saturated rings. The second kappa shape index (κ2) is 7.80. The van der Waals surface area contributed by atoms with Gasteiger partial charge >= 0.3 is 0 Å². The molecule has 2 atom stereocenters. The summed E-state index contributed by atoms with van der Waals surface area (Å²) in [5.41, 5.74) is 7.27. The van der Waals surface area contributed by atoms with Crippen molar-refractivity contribution in [3.63, 3.8) is 0 Å². The third-order valence-electron chi connectivity index (χ3n) is 6.22. The first kappa shape index (κ1) is 18.7. The van der Waals surface area contributed by atoms with Crippen molar-refractivity contribution in [1.29, 1.82) is 0 Å². The molecule has 2 aliphatic carbocycles. The largest absolute Gasteiger partial charge is 0.459 e. The molecular weight excluding hydrogens is 354 g/mol.